The zero-order chi connectivity index (χ0) is 14.1. The van der Waals surface area contributed by atoms with E-state index in [9.17, 15) is 4.79 Å². The van der Waals surface area contributed by atoms with Crippen LogP contribution in [0.25, 0.3) is 6.08 Å². The molecule has 0 saturated heterocycles. The van der Waals surface area contributed by atoms with Crippen molar-refractivity contribution in [3.05, 3.63) is 35.4 Å². The Balaban J connectivity index is 2.97. The van der Waals surface area contributed by atoms with Crippen molar-refractivity contribution >= 4 is 12.0 Å². The molecule has 1 aromatic carbocycles. The quantitative estimate of drug-likeness (QED) is 0.556. The molecule has 0 heterocycles. The van der Waals surface area contributed by atoms with Gasteiger partial charge in [-0.15, -0.1) is 0 Å². The first-order valence-corrected chi connectivity index (χ1v) is 6.73. The number of carbonyl (C=O) groups excluding carboxylic acids is 1. The predicted molar refractivity (Wildman–Crippen MR) is 77.3 cm³/mol. The van der Waals surface area contributed by atoms with E-state index in [1.165, 1.54) is 11.6 Å². The number of rotatable bonds is 7. The fourth-order valence-corrected chi connectivity index (χ4v) is 1.88. The van der Waals surface area contributed by atoms with E-state index in [2.05, 4.69) is 13.0 Å². The zero-order valence-corrected chi connectivity index (χ0v) is 11.9. The first-order chi connectivity index (χ1) is 9.22. The predicted octanol–water partition coefficient (Wildman–Crippen LogP) is 3.61. The van der Waals surface area contributed by atoms with Crippen LogP contribution < -0.4 is 4.74 Å². The van der Waals surface area contributed by atoms with Gasteiger partial charge in [-0.05, 0) is 37.5 Å². The summed E-state index contributed by atoms with van der Waals surface area (Å²) >= 11 is 0. The van der Waals surface area contributed by atoms with Gasteiger partial charge in [0.1, 0.15) is 5.75 Å². The number of carbonyl (C=O) groups is 1. The van der Waals surface area contributed by atoms with Gasteiger partial charge in [0.25, 0.3) is 0 Å². The van der Waals surface area contributed by atoms with E-state index < -0.39 is 0 Å². The average molecular weight is 262 g/mol. The van der Waals surface area contributed by atoms with Gasteiger partial charge in [-0.2, -0.15) is 0 Å². The van der Waals surface area contributed by atoms with Crippen LogP contribution in [0.5, 0.6) is 5.75 Å². The number of aryl methyl sites for hydroxylation is 1. The minimum absolute atomic E-state index is 0.324. The fraction of sp³-hybridized carbons (Fsp3) is 0.438. The lowest BCUT2D eigenvalue weighted by molar-refractivity contribution is -0.137. The van der Waals surface area contributed by atoms with Crippen LogP contribution in [-0.2, 0) is 16.0 Å². The summed E-state index contributed by atoms with van der Waals surface area (Å²) < 4.78 is 10.2. The summed E-state index contributed by atoms with van der Waals surface area (Å²) in [4.78, 5) is 11.4. The Bertz CT molecular complexity index is 436. The second kappa shape index (κ2) is 8.35. The topological polar surface area (TPSA) is 35.5 Å². The molecule has 0 fully saturated rings. The maximum Gasteiger partial charge on any atom is 0.330 e. The van der Waals surface area contributed by atoms with Crippen molar-refractivity contribution in [3.8, 4) is 5.75 Å². The van der Waals surface area contributed by atoms with E-state index in [-0.39, 0.29) is 5.97 Å². The van der Waals surface area contributed by atoms with Gasteiger partial charge in [-0.25, -0.2) is 4.79 Å². The fourth-order valence-electron chi connectivity index (χ4n) is 1.88. The Kier molecular flexibility index (Phi) is 6.72. The summed E-state index contributed by atoms with van der Waals surface area (Å²) in [5.41, 5.74) is 2.16. The third-order valence-corrected chi connectivity index (χ3v) is 2.85. The highest BCUT2D eigenvalue weighted by Crippen LogP contribution is 2.25. The third-order valence-electron chi connectivity index (χ3n) is 2.85. The highest BCUT2D eigenvalue weighted by Gasteiger charge is 2.06. The minimum atomic E-state index is -0.324. The summed E-state index contributed by atoms with van der Waals surface area (Å²) in [6.07, 6.45) is 6.47. The van der Waals surface area contributed by atoms with Crippen LogP contribution in [0, 0.1) is 0 Å². The van der Waals surface area contributed by atoms with E-state index in [1.54, 1.807) is 20.1 Å². The maximum atomic E-state index is 11.4. The number of ether oxygens (including phenoxy) is 2. The SMILES string of the molecule is CCCCc1cccc(OC)c1/C=C/C(=O)OCC. The number of unbranched alkanes of at least 4 members (excludes halogenated alkanes) is 1. The molecule has 0 atom stereocenters. The normalized spacial score (nSPS) is 10.7. The highest BCUT2D eigenvalue weighted by atomic mass is 16.5. The van der Waals surface area contributed by atoms with Gasteiger partial charge in [0.15, 0.2) is 0 Å². The van der Waals surface area contributed by atoms with Crippen molar-refractivity contribution in [2.75, 3.05) is 13.7 Å². The summed E-state index contributed by atoms with van der Waals surface area (Å²) in [7, 11) is 1.64. The van der Waals surface area contributed by atoms with Crippen LogP contribution in [0.1, 0.15) is 37.8 Å². The molecule has 3 heteroatoms. The smallest absolute Gasteiger partial charge is 0.330 e. The molecule has 0 aliphatic heterocycles. The zero-order valence-electron chi connectivity index (χ0n) is 11.9. The summed E-state index contributed by atoms with van der Waals surface area (Å²) in [6, 6.07) is 5.95. The van der Waals surface area contributed by atoms with Crippen molar-refractivity contribution < 1.29 is 14.3 Å². The molecule has 3 nitrogen and oxygen atoms in total. The third kappa shape index (κ3) is 4.78. The summed E-state index contributed by atoms with van der Waals surface area (Å²) in [5.74, 6) is 0.462. The molecule has 0 saturated carbocycles. The molecule has 0 spiro atoms. The van der Waals surface area contributed by atoms with Gasteiger partial charge in [0.05, 0.1) is 13.7 Å². The molecule has 0 aliphatic rings. The molecule has 0 N–H and O–H groups in total. The molecular weight excluding hydrogens is 240 g/mol. The van der Waals surface area contributed by atoms with Crippen LogP contribution in [0.3, 0.4) is 0 Å². The number of hydrogen-bond donors (Lipinski definition) is 0. The monoisotopic (exact) mass is 262 g/mol. The molecule has 0 bridgehead atoms. The average Bonchev–Trinajstić information content (AvgIpc) is 2.43. The molecule has 104 valence electrons. The van der Waals surface area contributed by atoms with Crippen LogP contribution in [0.4, 0.5) is 0 Å². The van der Waals surface area contributed by atoms with E-state index in [0.717, 1.165) is 30.6 Å². The molecule has 0 radical (unpaired) electrons. The Morgan fingerprint density at radius 2 is 2.11 bits per heavy atom. The minimum Gasteiger partial charge on any atom is -0.496 e. The van der Waals surface area contributed by atoms with E-state index >= 15 is 0 Å². The molecule has 0 aromatic heterocycles. The molecule has 0 aliphatic carbocycles. The van der Waals surface area contributed by atoms with Gasteiger partial charge < -0.3 is 9.47 Å². The lowest BCUT2D eigenvalue weighted by Gasteiger charge is -2.10. The van der Waals surface area contributed by atoms with Crippen LogP contribution >= 0.6 is 0 Å². The van der Waals surface area contributed by atoms with Crippen molar-refractivity contribution in [1.29, 1.82) is 0 Å². The van der Waals surface area contributed by atoms with Crippen LogP contribution in [0.15, 0.2) is 24.3 Å². The van der Waals surface area contributed by atoms with Crippen LogP contribution in [-0.4, -0.2) is 19.7 Å². The van der Waals surface area contributed by atoms with Crippen molar-refractivity contribution in [2.24, 2.45) is 0 Å². The molecule has 1 aromatic rings. The Morgan fingerprint density at radius 3 is 2.74 bits per heavy atom. The van der Waals surface area contributed by atoms with Gasteiger partial charge in [0, 0.05) is 11.6 Å². The number of methoxy groups -OCH3 is 1. The van der Waals surface area contributed by atoms with Gasteiger partial charge in [-0.3, -0.25) is 0 Å². The van der Waals surface area contributed by atoms with Gasteiger partial charge in [0.2, 0.25) is 0 Å². The lowest BCUT2D eigenvalue weighted by atomic mass is 10.0. The Morgan fingerprint density at radius 1 is 1.32 bits per heavy atom. The van der Waals surface area contributed by atoms with Crippen molar-refractivity contribution in [3.63, 3.8) is 0 Å². The van der Waals surface area contributed by atoms with Gasteiger partial charge >= 0.3 is 5.97 Å². The van der Waals surface area contributed by atoms with E-state index in [1.807, 2.05) is 12.1 Å². The molecule has 0 amide bonds. The highest BCUT2D eigenvalue weighted by molar-refractivity contribution is 5.88. The Hall–Kier alpha value is -1.77. The molecule has 19 heavy (non-hydrogen) atoms. The van der Waals surface area contributed by atoms with Crippen molar-refractivity contribution in [1.82, 2.24) is 0 Å². The molecule has 0 unspecified atom stereocenters. The summed E-state index contributed by atoms with van der Waals surface area (Å²) in [5, 5.41) is 0. The number of hydrogen-bond acceptors (Lipinski definition) is 3. The van der Waals surface area contributed by atoms with E-state index in [4.69, 9.17) is 9.47 Å². The van der Waals surface area contributed by atoms with Crippen LogP contribution in [0.2, 0.25) is 0 Å². The second-order valence-corrected chi connectivity index (χ2v) is 4.22. The maximum absolute atomic E-state index is 11.4. The number of esters is 1. The second-order valence-electron chi connectivity index (χ2n) is 4.22. The largest absolute Gasteiger partial charge is 0.496 e. The first kappa shape index (κ1) is 15.3. The first-order valence-electron chi connectivity index (χ1n) is 6.73. The number of benzene rings is 1. The van der Waals surface area contributed by atoms with E-state index in [0.29, 0.717) is 6.61 Å². The molecular formula is C16H22O3. The molecule has 1 rings (SSSR count). The van der Waals surface area contributed by atoms with Gasteiger partial charge in [-0.1, -0.05) is 25.5 Å². The van der Waals surface area contributed by atoms with Crippen molar-refractivity contribution in [2.45, 2.75) is 33.1 Å². The standard InChI is InChI=1S/C16H22O3/c1-4-6-8-13-9-7-10-15(18-3)14(13)11-12-16(17)19-5-2/h7,9-12H,4-6,8H2,1-3H3/b12-11+. The summed E-state index contributed by atoms with van der Waals surface area (Å²) in [6.45, 7) is 4.34. The Labute approximate surface area is 115 Å². The lowest BCUT2D eigenvalue weighted by Crippen LogP contribution is -2.00.